The molecule has 0 saturated heterocycles. The second-order valence-electron chi connectivity index (χ2n) is 5.07. The molecular formula is C15H22ClN3. The molecule has 2 aromatic rings. The molecule has 0 fully saturated rings. The summed E-state index contributed by atoms with van der Waals surface area (Å²) in [5, 5.41) is 7.55. The summed E-state index contributed by atoms with van der Waals surface area (Å²) < 4.78 is 2.02. The molecule has 2 rings (SSSR count). The van der Waals surface area contributed by atoms with Crippen molar-refractivity contribution in [1.29, 1.82) is 0 Å². The van der Waals surface area contributed by atoms with Gasteiger partial charge in [0.05, 0.1) is 6.20 Å². The van der Waals surface area contributed by atoms with Crippen LogP contribution in [0.3, 0.4) is 0 Å². The number of aromatic nitrogens is 2. The molecule has 0 radical (unpaired) electrons. The topological polar surface area (TPSA) is 29.9 Å². The summed E-state index contributed by atoms with van der Waals surface area (Å²) in [4.78, 5) is 0. The Balaban J connectivity index is 0.00000180. The number of nitrogens with one attached hydrogen (secondary N) is 1. The number of nitrogens with zero attached hydrogens (tertiary/aromatic N) is 2. The molecule has 1 N–H and O–H groups in total. The minimum absolute atomic E-state index is 0. The van der Waals surface area contributed by atoms with Crippen LogP contribution in [0.2, 0.25) is 0 Å². The third-order valence-electron chi connectivity index (χ3n) is 2.85. The van der Waals surface area contributed by atoms with E-state index in [0.717, 1.165) is 13.1 Å². The van der Waals surface area contributed by atoms with Crippen LogP contribution < -0.4 is 5.32 Å². The SMILES string of the molecule is CNCc1ccc(-c2cnn(CC(C)C)c2)cc1.Cl. The molecule has 4 heteroatoms. The second-order valence-corrected chi connectivity index (χ2v) is 5.07. The van der Waals surface area contributed by atoms with E-state index in [0.29, 0.717) is 5.92 Å². The Morgan fingerprint density at radius 1 is 1.16 bits per heavy atom. The normalized spacial score (nSPS) is 10.5. The summed E-state index contributed by atoms with van der Waals surface area (Å²) >= 11 is 0. The smallest absolute Gasteiger partial charge is 0.0568 e. The van der Waals surface area contributed by atoms with Crippen LogP contribution in [0.1, 0.15) is 19.4 Å². The number of benzene rings is 1. The van der Waals surface area contributed by atoms with Crippen LogP contribution in [-0.4, -0.2) is 16.8 Å². The van der Waals surface area contributed by atoms with Gasteiger partial charge in [0.1, 0.15) is 0 Å². The maximum atomic E-state index is 4.40. The Morgan fingerprint density at radius 2 is 1.84 bits per heavy atom. The van der Waals surface area contributed by atoms with E-state index < -0.39 is 0 Å². The van der Waals surface area contributed by atoms with Crippen LogP contribution in [-0.2, 0) is 13.1 Å². The molecular weight excluding hydrogens is 258 g/mol. The van der Waals surface area contributed by atoms with Crippen molar-refractivity contribution < 1.29 is 0 Å². The van der Waals surface area contributed by atoms with Gasteiger partial charge in [-0.15, -0.1) is 12.4 Å². The van der Waals surface area contributed by atoms with Gasteiger partial charge in [-0.1, -0.05) is 38.1 Å². The predicted octanol–water partition coefficient (Wildman–Crippen LogP) is 3.35. The summed E-state index contributed by atoms with van der Waals surface area (Å²) in [6, 6.07) is 8.63. The van der Waals surface area contributed by atoms with Crippen LogP contribution in [0.5, 0.6) is 0 Å². The molecule has 1 heterocycles. The van der Waals surface area contributed by atoms with Gasteiger partial charge >= 0.3 is 0 Å². The van der Waals surface area contributed by atoms with E-state index in [-0.39, 0.29) is 12.4 Å². The van der Waals surface area contributed by atoms with Gasteiger partial charge in [0, 0.05) is 24.8 Å². The van der Waals surface area contributed by atoms with Crippen molar-refractivity contribution in [2.24, 2.45) is 5.92 Å². The van der Waals surface area contributed by atoms with Crippen molar-refractivity contribution >= 4 is 12.4 Å². The summed E-state index contributed by atoms with van der Waals surface area (Å²) in [5.74, 6) is 0.621. The molecule has 1 aromatic heterocycles. The molecule has 0 atom stereocenters. The minimum atomic E-state index is 0. The van der Waals surface area contributed by atoms with Crippen molar-refractivity contribution in [2.45, 2.75) is 26.9 Å². The maximum absolute atomic E-state index is 4.40. The molecule has 1 aromatic carbocycles. The summed E-state index contributed by atoms with van der Waals surface area (Å²) in [6.07, 6.45) is 4.06. The van der Waals surface area contributed by atoms with Gasteiger partial charge in [-0.25, -0.2) is 0 Å². The molecule has 0 aliphatic rings. The van der Waals surface area contributed by atoms with Gasteiger partial charge < -0.3 is 5.32 Å². The van der Waals surface area contributed by atoms with Crippen molar-refractivity contribution in [2.75, 3.05) is 7.05 Å². The first kappa shape index (κ1) is 15.7. The lowest BCUT2D eigenvalue weighted by molar-refractivity contribution is 0.483. The second kappa shape index (κ2) is 7.31. The monoisotopic (exact) mass is 279 g/mol. The number of hydrogen-bond acceptors (Lipinski definition) is 2. The Morgan fingerprint density at radius 3 is 2.42 bits per heavy atom. The van der Waals surface area contributed by atoms with Crippen molar-refractivity contribution in [3.63, 3.8) is 0 Å². The maximum Gasteiger partial charge on any atom is 0.0568 e. The van der Waals surface area contributed by atoms with Gasteiger partial charge in [-0.05, 0) is 24.1 Å². The highest BCUT2D eigenvalue weighted by atomic mass is 35.5. The lowest BCUT2D eigenvalue weighted by Gasteiger charge is -2.04. The number of halogens is 1. The third kappa shape index (κ3) is 4.37. The number of rotatable bonds is 5. The van der Waals surface area contributed by atoms with Gasteiger partial charge in [0.2, 0.25) is 0 Å². The Bertz CT molecular complexity index is 488. The molecule has 104 valence electrons. The van der Waals surface area contributed by atoms with E-state index >= 15 is 0 Å². The van der Waals surface area contributed by atoms with Crippen molar-refractivity contribution in [1.82, 2.24) is 15.1 Å². The lowest BCUT2D eigenvalue weighted by Crippen LogP contribution is -2.04. The summed E-state index contributed by atoms with van der Waals surface area (Å²) in [6.45, 7) is 6.28. The quantitative estimate of drug-likeness (QED) is 0.910. The lowest BCUT2D eigenvalue weighted by atomic mass is 10.1. The zero-order valence-electron chi connectivity index (χ0n) is 11.8. The average molecular weight is 280 g/mol. The third-order valence-corrected chi connectivity index (χ3v) is 2.85. The van der Waals surface area contributed by atoms with Crippen molar-refractivity contribution in [3.8, 4) is 11.1 Å². The van der Waals surface area contributed by atoms with Gasteiger partial charge in [-0.3, -0.25) is 4.68 Å². The van der Waals surface area contributed by atoms with E-state index in [1.165, 1.54) is 16.7 Å². The Hall–Kier alpha value is -1.32. The predicted molar refractivity (Wildman–Crippen MR) is 82.5 cm³/mol. The van der Waals surface area contributed by atoms with E-state index in [1.54, 1.807) is 0 Å². The zero-order valence-corrected chi connectivity index (χ0v) is 12.6. The van der Waals surface area contributed by atoms with Gasteiger partial charge in [-0.2, -0.15) is 5.10 Å². The molecule has 0 aliphatic carbocycles. The molecule has 0 amide bonds. The van der Waals surface area contributed by atoms with Gasteiger partial charge in [0.15, 0.2) is 0 Å². The first-order valence-corrected chi connectivity index (χ1v) is 6.45. The van der Waals surface area contributed by atoms with E-state index in [9.17, 15) is 0 Å². The molecule has 19 heavy (non-hydrogen) atoms. The van der Waals surface area contributed by atoms with Crippen LogP contribution in [0.25, 0.3) is 11.1 Å². The summed E-state index contributed by atoms with van der Waals surface area (Å²) in [7, 11) is 1.96. The molecule has 3 nitrogen and oxygen atoms in total. The highest BCUT2D eigenvalue weighted by Crippen LogP contribution is 2.19. The molecule has 0 saturated carbocycles. The van der Waals surface area contributed by atoms with Crippen LogP contribution >= 0.6 is 12.4 Å². The largest absolute Gasteiger partial charge is 0.316 e. The standard InChI is InChI=1S/C15H21N3.ClH/c1-12(2)10-18-11-15(9-17-18)14-6-4-13(5-7-14)8-16-3;/h4-7,9,11-12,16H,8,10H2,1-3H3;1H. The Labute approximate surface area is 121 Å². The molecule has 0 unspecified atom stereocenters. The van der Waals surface area contributed by atoms with E-state index in [4.69, 9.17) is 0 Å². The van der Waals surface area contributed by atoms with Crippen molar-refractivity contribution in [3.05, 3.63) is 42.2 Å². The molecule has 0 bridgehead atoms. The van der Waals surface area contributed by atoms with Crippen LogP contribution in [0.15, 0.2) is 36.7 Å². The minimum Gasteiger partial charge on any atom is -0.316 e. The highest BCUT2D eigenvalue weighted by Gasteiger charge is 2.03. The Kier molecular flexibility index (Phi) is 6.06. The van der Waals surface area contributed by atoms with Crippen LogP contribution in [0, 0.1) is 5.92 Å². The van der Waals surface area contributed by atoms with Crippen LogP contribution in [0.4, 0.5) is 0 Å². The van der Waals surface area contributed by atoms with E-state index in [2.05, 4.69) is 54.7 Å². The first-order chi connectivity index (χ1) is 8.69. The number of hydrogen-bond donors (Lipinski definition) is 1. The fraction of sp³-hybridized carbons (Fsp3) is 0.400. The molecule has 0 spiro atoms. The zero-order chi connectivity index (χ0) is 13.0. The summed E-state index contributed by atoms with van der Waals surface area (Å²) in [5.41, 5.74) is 3.72. The first-order valence-electron chi connectivity index (χ1n) is 6.45. The fourth-order valence-corrected chi connectivity index (χ4v) is 2.01. The highest BCUT2D eigenvalue weighted by molar-refractivity contribution is 5.85. The fourth-order valence-electron chi connectivity index (χ4n) is 2.01. The average Bonchev–Trinajstić information content (AvgIpc) is 2.78. The van der Waals surface area contributed by atoms with Gasteiger partial charge in [0.25, 0.3) is 0 Å². The van der Waals surface area contributed by atoms with E-state index in [1.807, 2.05) is 17.9 Å². The molecule has 0 aliphatic heterocycles.